The fourth-order valence-corrected chi connectivity index (χ4v) is 4.22. The Bertz CT molecular complexity index is 850. The summed E-state index contributed by atoms with van der Waals surface area (Å²) in [6.07, 6.45) is 10.3. The van der Waals surface area contributed by atoms with Gasteiger partial charge >= 0.3 is 0 Å². The van der Waals surface area contributed by atoms with Crippen LogP contribution in [-0.4, -0.2) is 20.4 Å². The normalized spacial score (nSPS) is 15.6. The van der Waals surface area contributed by atoms with Crippen LogP contribution in [0.3, 0.4) is 0 Å². The number of aromatic nitrogens is 3. The van der Waals surface area contributed by atoms with Crippen LogP contribution in [-0.2, 0) is 6.54 Å². The van der Waals surface area contributed by atoms with E-state index in [9.17, 15) is 0 Å². The van der Waals surface area contributed by atoms with Crippen molar-refractivity contribution < 1.29 is 0 Å². The summed E-state index contributed by atoms with van der Waals surface area (Å²) < 4.78 is 3.01. The molecule has 2 heterocycles. The third kappa shape index (κ3) is 3.43. The molecule has 2 aromatic heterocycles. The van der Waals surface area contributed by atoms with Crippen LogP contribution < -0.4 is 4.90 Å². The van der Waals surface area contributed by atoms with Crippen LogP contribution in [0.4, 0.5) is 5.69 Å². The number of fused-ring (bicyclic) bond motifs is 1. The minimum absolute atomic E-state index is 0.584. The van der Waals surface area contributed by atoms with E-state index in [2.05, 4.69) is 57.0 Å². The van der Waals surface area contributed by atoms with Gasteiger partial charge in [-0.2, -0.15) is 0 Å². The summed E-state index contributed by atoms with van der Waals surface area (Å²) in [7, 11) is 0. The van der Waals surface area contributed by atoms with Crippen molar-refractivity contribution in [1.29, 1.82) is 0 Å². The predicted molar refractivity (Wildman–Crippen MR) is 105 cm³/mol. The molecular formula is C20H23BrN4. The Morgan fingerprint density at radius 1 is 1.16 bits per heavy atom. The lowest BCUT2D eigenvalue weighted by atomic mass is 9.93. The van der Waals surface area contributed by atoms with E-state index in [4.69, 9.17) is 4.98 Å². The summed E-state index contributed by atoms with van der Waals surface area (Å²) in [5.74, 6) is 0.747. The molecule has 1 aromatic carbocycles. The molecular weight excluding hydrogens is 376 g/mol. The Morgan fingerprint density at radius 3 is 2.64 bits per heavy atom. The molecule has 0 saturated heterocycles. The van der Waals surface area contributed by atoms with Gasteiger partial charge in [-0.25, -0.2) is 9.97 Å². The lowest BCUT2D eigenvalue weighted by Crippen LogP contribution is -2.36. The summed E-state index contributed by atoms with van der Waals surface area (Å²) in [6.45, 7) is 2.94. The van der Waals surface area contributed by atoms with E-state index in [1.165, 1.54) is 43.4 Å². The van der Waals surface area contributed by atoms with E-state index in [0.29, 0.717) is 6.04 Å². The summed E-state index contributed by atoms with van der Waals surface area (Å²) in [4.78, 5) is 11.7. The molecule has 1 aliphatic rings. The number of nitrogens with zero attached hydrogens (tertiary/aromatic N) is 4. The number of hydrogen-bond donors (Lipinski definition) is 0. The monoisotopic (exact) mass is 398 g/mol. The van der Waals surface area contributed by atoms with Crippen molar-refractivity contribution in [2.45, 2.75) is 51.6 Å². The van der Waals surface area contributed by atoms with E-state index < -0.39 is 0 Å². The second kappa shape index (κ2) is 7.16. The van der Waals surface area contributed by atoms with E-state index in [-0.39, 0.29) is 0 Å². The molecule has 0 atom stereocenters. The molecule has 0 aliphatic heterocycles. The number of aryl methyl sites for hydroxylation is 1. The maximum atomic E-state index is 4.75. The van der Waals surface area contributed by atoms with Gasteiger partial charge in [-0.1, -0.05) is 37.0 Å². The fourth-order valence-electron chi connectivity index (χ4n) is 3.73. The van der Waals surface area contributed by atoms with Crippen LogP contribution in [0.5, 0.6) is 0 Å². The maximum absolute atomic E-state index is 4.75. The standard InChI is InChI=1S/C20H23BrN4/c1-15-8-10-17(11-9-15)25(16-6-3-2-4-7-16)14-18-19(21)24-13-5-12-22-20(24)23-18/h5,8-13,16H,2-4,6-7,14H2,1H3. The highest BCUT2D eigenvalue weighted by Crippen LogP contribution is 2.30. The summed E-state index contributed by atoms with van der Waals surface area (Å²) in [5.41, 5.74) is 3.63. The van der Waals surface area contributed by atoms with Gasteiger partial charge in [0.2, 0.25) is 5.78 Å². The first-order chi connectivity index (χ1) is 12.2. The highest BCUT2D eigenvalue weighted by Gasteiger charge is 2.24. The van der Waals surface area contributed by atoms with Crippen molar-refractivity contribution in [3.8, 4) is 0 Å². The minimum Gasteiger partial charge on any atom is -0.363 e. The second-order valence-electron chi connectivity index (χ2n) is 6.89. The highest BCUT2D eigenvalue weighted by atomic mass is 79.9. The molecule has 4 rings (SSSR count). The first-order valence-electron chi connectivity index (χ1n) is 9.03. The summed E-state index contributed by atoms with van der Waals surface area (Å²) in [5, 5.41) is 0. The third-order valence-electron chi connectivity index (χ3n) is 5.11. The van der Waals surface area contributed by atoms with Crippen molar-refractivity contribution in [3.05, 3.63) is 58.6 Å². The first-order valence-corrected chi connectivity index (χ1v) is 9.82. The maximum Gasteiger partial charge on any atom is 0.234 e. The van der Waals surface area contributed by atoms with Gasteiger partial charge in [0.25, 0.3) is 0 Å². The molecule has 5 heteroatoms. The SMILES string of the molecule is Cc1ccc(N(Cc2nc3ncccn3c2Br)C2CCCCC2)cc1. The molecule has 4 nitrogen and oxygen atoms in total. The van der Waals surface area contributed by atoms with Crippen molar-refractivity contribution in [2.24, 2.45) is 0 Å². The van der Waals surface area contributed by atoms with E-state index in [1.807, 2.05) is 16.7 Å². The van der Waals surface area contributed by atoms with Gasteiger partial charge in [-0.05, 0) is 53.9 Å². The number of benzene rings is 1. The van der Waals surface area contributed by atoms with E-state index in [0.717, 1.165) is 22.6 Å². The Labute approximate surface area is 157 Å². The molecule has 1 saturated carbocycles. The van der Waals surface area contributed by atoms with Gasteiger partial charge in [0.15, 0.2) is 0 Å². The first kappa shape index (κ1) is 16.6. The molecule has 0 radical (unpaired) electrons. The number of anilines is 1. The van der Waals surface area contributed by atoms with Crippen LogP contribution in [0.25, 0.3) is 5.78 Å². The molecule has 3 aromatic rings. The van der Waals surface area contributed by atoms with Crippen LogP contribution >= 0.6 is 15.9 Å². The largest absolute Gasteiger partial charge is 0.363 e. The minimum atomic E-state index is 0.584. The quantitative estimate of drug-likeness (QED) is 0.609. The van der Waals surface area contributed by atoms with Crippen molar-refractivity contribution in [3.63, 3.8) is 0 Å². The van der Waals surface area contributed by atoms with Crippen LogP contribution in [0.15, 0.2) is 47.3 Å². The van der Waals surface area contributed by atoms with E-state index in [1.54, 1.807) is 6.20 Å². The van der Waals surface area contributed by atoms with Crippen molar-refractivity contribution in [2.75, 3.05) is 4.90 Å². The third-order valence-corrected chi connectivity index (χ3v) is 5.95. The molecule has 25 heavy (non-hydrogen) atoms. The molecule has 0 amide bonds. The van der Waals surface area contributed by atoms with Gasteiger partial charge in [0.05, 0.1) is 12.2 Å². The number of rotatable bonds is 4. The number of halogens is 1. The van der Waals surface area contributed by atoms with Crippen molar-refractivity contribution in [1.82, 2.24) is 14.4 Å². The zero-order chi connectivity index (χ0) is 17.2. The number of imidazole rings is 1. The van der Waals surface area contributed by atoms with Crippen LogP contribution in [0.2, 0.25) is 0 Å². The lowest BCUT2D eigenvalue weighted by molar-refractivity contribution is 0.412. The number of hydrogen-bond acceptors (Lipinski definition) is 3. The fraction of sp³-hybridized carbons (Fsp3) is 0.400. The summed E-state index contributed by atoms with van der Waals surface area (Å²) >= 11 is 3.72. The Balaban J connectivity index is 1.69. The van der Waals surface area contributed by atoms with Gasteiger partial charge in [0.1, 0.15) is 4.60 Å². The topological polar surface area (TPSA) is 33.4 Å². The Kier molecular flexibility index (Phi) is 4.75. The smallest absolute Gasteiger partial charge is 0.234 e. The van der Waals surface area contributed by atoms with Crippen LogP contribution in [0, 0.1) is 6.92 Å². The van der Waals surface area contributed by atoms with Gasteiger partial charge < -0.3 is 4.90 Å². The zero-order valence-electron chi connectivity index (χ0n) is 14.5. The van der Waals surface area contributed by atoms with Crippen molar-refractivity contribution >= 4 is 27.4 Å². The molecule has 0 bridgehead atoms. The van der Waals surface area contributed by atoms with Crippen LogP contribution in [0.1, 0.15) is 43.4 Å². The average molecular weight is 399 g/mol. The molecule has 130 valence electrons. The van der Waals surface area contributed by atoms with Gasteiger partial charge in [-0.3, -0.25) is 4.40 Å². The molecule has 1 fully saturated rings. The predicted octanol–water partition coefficient (Wildman–Crippen LogP) is 5.14. The molecule has 0 N–H and O–H groups in total. The zero-order valence-corrected chi connectivity index (χ0v) is 16.1. The Morgan fingerprint density at radius 2 is 1.92 bits per heavy atom. The van der Waals surface area contributed by atoms with Gasteiger partial charge in [0, 0.05) is 24.1 Å². The summed E-state index contributed by atoms with van der Waals surface area (Å²) in [6, 6.07) is 11.4. The molecule has 1 aliphatic carbocycles. The van der Waals surface area contributed by atoms with E-state index >= 15 is 0 Å². The molecule has 0 spiro atoms. The second-order valence-corrected chi connectivity index (χ2v) is 7.65. The van der Waals surface area contributed by atoms with Gasteiger partial charge in [-0.15, -0.1) is 0 Å². The highest BCUT2D eigenvalue weighted by molar-refractivity contribution is 9.10. The lowest BCUT2D eigenvalue weighted by Gasteiger charge is -2.36. The molecule has 0 unspecified atom stereocenters. The Hall–Kier alpha value is -1.88. The average Bonchev–Trinajstić information content (AvgIpc) is 2.97.